The Balaban J connectivity index is 1.51. The minimum atomic E-state index is -0.696. The number of hydrogen-bond acceptors (Lipinski definition) is 7. The Morgan fingerprint density at radius 3 is 2.68 bits per heavy atom. The Morgan fingerprint density at radius 1 is 1.18 bits per heavy atom. The van der Waals surface area contributed by atoms with Crippen molar-refractivity contribution in [2.24, 2.45) is 0 Å². The van der Waals surface area contributed by atoms with E-state index in [1.165, 1.54) is 29.5 Å². The maximum atomic E-state index is 13.9. The molecule has 0 saturated carbocycles. The molecule has 0 fully saturated rings. The molecule has 0 aliphatic carbocycles. The standard InChI is InChI=1S/C23H23F2N5O3S/c1-13(2)32-11-9-19-28-29-23(34-19)27-22(31)20-14(3)26-21-18(8-5-10-30(20)21)33-12-15-16(24)6-4-7-17(15)25/h4-8,10,13H,9,11-12H2,1-3H3,(H,27,29,31). The van der Waals surface area contributed by atoms with Crippen molar-refractivity contribution < 1.29 is 23.0 Å². The lowest BCUT2D eigenvalue weighted by Gasteiger charge is -2.09. The number of aryl methyl sites for hydroxylation is 1. The molecule has 8 nitrogen and oxygen atoms in total. The van der Waals surface area contributed by atoms with Crippen molar-refractivity contribution in [3.8, 4) is 5.75 Å². The van der Waals surface area contributed by atoms with Gasteiger partial charge in [0.25, 0.3) is 5.91 Å². The van der Waals surface area contributed by atoms with Crippen molar-refractivity contribution >= 4 is 28.0 Å². The van der Waals surface area contributed by atoms with Gasteiger partial charge in [0, 0.05) is 12.6 Å². The van der Waals surface area contributed by atoms with Crippen LogP contribution < -0.4 is 10.1 Å². The van der Waals surface area contributed by atoms with E-state index in [9.17, 15) is 13.6 Å². The molecule has 4 rings (SSSR count). The Labute approximate surface area is 198 Å². The van der Waals surface area contributed by atoms with Crippen LogP contribution in [0.4, 0.5) is 13.9 Å². The minimum Gasteiger partial charge on any atom is -0.485 e. The third-order valence-electron chi connectivity index (χ3n) is 4.89. The summed E-state index contributed by atoms with van der Waals surface area (Å²) in [6.07, 6.45) is 2.39. The largest absolute Gasteiger partial charge is 0.485 e. The Hall–Kier alpha value is -3.44. The number of benzene rings is 1. The van der Waals surface area contributed by atoms with Gasteiger partial charge in [0.05, 0.1) is 24.0 Å². The molecule has 0 aliphatic heterocycles. The molecule has 1 amide bonds. The molecular weight excluding hydrogens is 464 g/mol. The zero-order chi connectivity index (χ0) is 24.2. The van der Waals surface area contributed by atoms with E-state index in [1.54, 1.807) is 29.7 Å². The van der Waals surface area contributed by atoms with Gasteiger partial charge in [-0.2, -0.15) is 0 Å². The fourth-order valence-electron chi connectivity index (χ4n) is 3.31. The van der Waals surface area contributed by atoms with Crippen molar-refractivity contribution in [2.45, 2.75) is 39.9 Å². The van der Waals surface area contributed by atoms with Gasteiger partial charge in [0.1, 0.15) is 28.9 Å². The molecule has 3 aromatic heterocycles. The fraction of sp³-hybridized carbons (Fsp3) is 0.304. The lowest BCUT2D eigenvalue weighted by atomic mass is 10.2. The monoisotopic (exact) mass is 487 g/mol. The van der Waals surface area contributed by atoms with E-state index in [0.29, 0.717) is 29.5 Å². The number of anilines is 1. The van der Waals surface area contributed by atoms with Crippen LogP contribution in [0.1, 0.15) is 40.6 Å². The number of fused-ring (bicyclic) bond motifs is 1. The number of aromatic nitrogens is 4. The van der Waals surface area contributed by atoms with Crippen LogP contribution >= 0.6 is 11.3 Å². The van der Waals surface area contributed by atoms with Crippen LogP contribution in [0.2, 0.25) is 0 Å². The number of pyridine rings is 1. The summed E-state index contributed by atoms with van der Waals surface area (Å²) >= 11 is 1.27. The second kappa shape index (κ2) is 10.2. The third-order valence-corrected chi connectivity index (χ3v) is 5.79. The summed E-state index contributed by atoms with van der Waals surface area (Å²) in [6, 6.07) is 6.91. The second-order valence-corrected chi connectivity index (χ2v) is 8.79. The smallest absolute Gasteiger partial charge is 0.276 e. The average Bonchev–Trinajstić information content (AvgIpc) is 3.36. The van der Waals surface area contributed by atoms with Crippen LogP contribution in [0.3, 0.4) is 0 Å². The summed E-state index contributed by atoms with van der Waals surface area (Å²) < 4.78 is 40.6. The molecule has 11 heteroatoms. The molecule has 0 unspecified atom stereocenters. The Kier molecular flexibility index (Phi) is 7.13. The number of rotatable bonds is 9. The minimum absolute atomic E-state index is 0.129. The predicted molar refractivity (Wildman–Crippen MR) is 123 cm³/mol. The number of imidazole rings is 1. The topological polar surface area (TPSA) is 90.6 Å². The molecule has 1 N–H and O–H groups in total. The molecule has 3 heterocycles. The number of amides is 1. The maximum absolute atomic E-state index is 13.9. The summed E-state index contributed by atoms with van der Waals surface area (Å²) in [4.78, 5) is 17.4. The number of nitrogens with zero attached hydrogens (tertiary/aromatic N) is 4. The second-order valence-electron chi connectivity index (χ2n) is 7.73. The highest BCUT2D eigenvalue weighted by Gasteiger charge is 2.21. The molecule has 1 aromatic carbocycles. The number of nitrogens with one attached hydrogen (secondary N) is 1. The van der Waals surface area contributed by atoms with Crippen molar-refractivity contribution in [1.82, 2.24) is 19.6 Å². The predicted octanol–water partition coefficient (Wildman–Crippen LogP) is 4.57. The van der Waals surface area contributed by atoms with Crippen molar-refractivity contribution in [2.75, 3.05) is 11.9 Å². The van der Waals surface area contributed by atoms with E-state index in [0.717, 1.165) is 5.01 Å². The average molecular weight is 488 g/mol. The molecule has 4 aromatic rings. The number of halogens is 2. The van der Waals surface area contributed by atoms with E-state index >= 15 is 0 Å². The number of ether oxygens (including phenoxy) is 2. The number of carbonyl (C=O) groups excluding carboxylic acids is 1. The first kappa shape index (κ1) is 23.7. The molecule has 0 aliphatic rings. The lowest BCUT2D eigenvalue weighted by molar-refractivity contribution is 0.0812. The van der Waals surface area contributed by atoms with E-state index in [2.05, 4.69) is 20.5 Å². The van der Waals surface area contributed by atoms with Crippen LogP contribution in [0.5, 0.6) is 5.75 Å². The zero-order valence-electron chi connectivity index (χ0n) is 18.8. The van der Waals surface area contributed by atoms with Gasteiger partial charge in [-0.25, -0.2) is 13.8 Å². The molecule has 34 heavy (non-hydrogen) atoms. The van der Waals surface area contributed by atoms with Gasteiger partial charge in [0.15, 0.2) is 11.4 Å². The first-order valence-corrected chi connectivity index (χ1v) is 11.4. The van der Waals surface area contributed by atoms with Crippen LogP contribution in [0.25, 0.3) is 5.65 Å². The van der Waals surface area contributed by atoms with Gasteiger partial charge in [-0.3, -0.25) is 14.5 Å². The molecule has 0 radical (unpaired) electrons. The Bertz CT molecular complexity index is 1300. The van der Waals surface area contributed by atoms with Gasteiger partial charge in [-0.1, -0.05) is 17.4 Å². The quantitative estimate of drug-likeness (QED) is 0.372. The fourth-order valence-corrected chi connectivity index (χ4v) is 4.02. The summed E-state index contributed by atoms with van der Waals surface area (Å²) in [5.74, 6) is -1.52. The highest BCUT2D eigenvalue weighted by atomic mass is 32.1. The summed E-state index contributed by atoms with van der Waals surface area (Å²) in [5.41, 5.74) is 0.917. The van der Waals surface area contributed by atoms with E-state index in [4.69, 9.17) is 9.47 Å². The SMILES string of the molecule is Cc1nc2c(OCc3c(F)cccc3F)cccn2c1C(=O)Nc1nnc(CCOC(C)C)s1. The first-order chi connectivity index (χ1) is 16.3. The van der Waals surface area contributed by atoms with Gasteiger partial charge >= 0.3 is 0 Å². The highest BCUT2D eigenvalue weighted by Crippen LogP contribution is 2.25. The molecule has 0 atom stereocenters. The number of carbonyl (C=O) groups is 1. The van der Waals surface area contributed by atoms with Crippen LogP contribution in [0, 0.1) is 18.6 Å². The summed E-state index contributed by atoms with van der Waals surface area (Å²) in [5, 5.41) is 12.0. The first-order valence-electron chi connectivity index (χ1n) is 10.6. The zero-order valence-corrected chi connectivity index (χ0v) is 19.7. The van der Waals surface area contributed by atoms with Crippen molar-refractivity contribution in [3.05, 3.63) is 70.1 Å². The molecule has 0 saturated heterocycles. The molecule has 0 spiro atoms. The van der Waals surface area contributed by atoms with Crippen molar-refractivity contribution in [3.63, 3.8) is 0 Å². The summed E-state index contributed by atoms with van der Waals surface area (Å²) in [6.45, 7) is 5.81. The van der Waals surface area contributed by atoms with Crippen LogP contribution in [0.15, 0.2) is 36.5 Å². The van der Waals surface area contributed by atoms with Crippen LogP contribution in [-0.2, 0) is 17.8 Å². The lowest BCUT2D eigenvalue weighted by Crippen LogP contribution is -2.15. The van der Waals surface area contributed by atoms with Gasteiger partial charge in [0.2, 0.25) is 5.13 Å². The van der Waals surface area contributed by atoms with E-state index in [-0.39, 0.29) is 29.7 Å². The Morgan fingerprint density at radius 2 is 1.94 bits per heavy atom. The van der Waals surface area contributed by atoms with Gasteiger partial charge in [-0.05, 0) is 45.0 Å². The molecule has 178 valence electrons. The highest BCUT2D eigenvalue weighted by molar-refractivity contribution is 7.15. The van der Waals surface area contributed by atoms with E-state index < -0.39 is 17.5 Å². The molecular formula is C23H23F2N5O3S. The van der Waals surface area contributed by atoms with E-state index in [1.807, 2.05) is 13.8 Å². The van der Waals surface area contributed by atoms with Crippen LogP contribution in [-0.4, -0.2) is 38.2 Å². The van der Waals surface area contributed by atoms with Crippen molar-refractivity contribution in [1.29, 1.82) is 0 Å². The summed E-state index contributed by atoms with van der Waals surface area (Å²) in [7, 11) is 0. The number of hydrogen-bond donors (Lipinski definition) is 1. The molecule has 0 bridgehead atoms. The normalized spacial score (nSPS) is 11.4. The van der Waals surface area contributed by atoms with Gasteiger partial charge < -0.3 is 9.47 Å². The van der Waals surface area contributed by atoms with Gasteiger partial charge in [-0.15, -0.1) is 10.2 Å². The maximum Gasteiger partial charge on any atom is 0.276 e. The third kappa shape index (κ3) is 5.20.